The van der Waals surface area contributed by atoms with E-state index in [0.29, 0.717) is 144 Å². The SMILES string of the molecule is CCCCCC[NH2+]Cc1c(O)c2cc(c1O)C(CCC)c1cc(c(O)c(C[NH2+]CCCCCC)c1O)C(CCC)c1cc(c(O)c(C[NH2+]CCCCCC)c1O)C(CCC)c1cc(c(O)c(C[NH2+]CCCCCC)c1O)C2CCC. The predicted molar refractivity (Wildman–Crippen MR) is 325 cm³/mol. The van der Waals surface area contributed by atoms with E-state index in [1.54, 1.807) is 0 Å². The number of rotatable bonds is 36. The highest BCUT2D eigenvalue weighted by molar-refractivity contribution is 5.67. The topological polar surface area (TPSA) is 228 Å². The van der Waals surface area contributed by atoms with Crippen LogP contribution >= 0.6 is 0 Å². The van der Waals surface area contributed by atoms with Crippen LogP contribution in [-0.4, -0.2) is 67.0 Å². The average molecular weight is 1110 g/mol. The minimum atomic E-state index is -0.597. The molecule has 1 aliphatic rings. The molecule has 0 amide bonds. The van der Waals surface area contributed by atoms with Crippen molar-refractivity contribution in [2.24, 2.45) is 0 Å². The molecule has 0 saturated heterocycles. The lowest BCUT2D eigenvalue weighted by Crippen LogP contribution is -2.82. The normalized spacial score (nSPS) is 16.2. The van der Waals surface area contributed by atoms with E-state index in [2.05, 4.69) is 76.7 Å². The maximum Gasteiger partial charge on any atom is 0.132 e. The van der Waals surface area contributed by atoms with E-state index in [4.69, 9.17) is 0 Å². The number of unbranched alkanes of at least 4 members (excludes halogenated alkanes) is 12. The smallest absolute Gasteiger partial charge is 0.132 e. The Morgan fingerprint density at radius 2 is 0.425 bits per heavy atom. The molecule has 0 saturated carbocycles. The molecule has 12 heteroatoms. The Morgan fingerprint density at radius 3 is 0.575 bits per heavy atom. The Hall–Kier alpha value is -4.88. The number of phenolic OH excluding ortho intramolecular Hbond substituents is 8. The van der Waals surface area contributed by atoms with Gasteiger partial charge in [0.15, 0.2) is 0 Å². The van der Waals surface area contributed by atoms with Crippen molar-refractivity contribution in [3.63, 3.8) is 0 Å². The number of hydrogen-bond acceptors (Lipinski definition) is 8. The fourth-order valence-corrected chi connectivity index (χ4v) is 12.9. The zero-order valence-corrected chi connectivity index (χ0v) is 51.1. The van der Waals surface area contributed by atoms with Gasteiger partial charge >= 0.3 is 0 Å². The second-order valence-electron chi connectivity index (χ2n) is 23.7. The molecule has 12 nitrogen and oxygen atoms in total. The number of hydrogen-bond donors (Lipinski definition) is 12. The number of benzene rings is 4. The molecular formula is C68H112N4O8+4. The first-order valence-corrected chi connectivity index (χ1v) is 32.4. The number of fused-ring (bicyclic) bond motifs is 8. The predicted octanol–water partition coefficient (Wildman–Crippen LogP) is 11.9. The molecule has 0 heterocycles. The summed E-state index contributed by atoms with van der Waals surface area (Å²) in [6.45, 7) is 21.6. The third kappa shape index (κ3) is 16.7. The number of nitrogens with two attached hydrogens (primary N) is 4. The van der Waals surface area contributed by atoms with Gasteiger partial charge in [0.1, 0.15) is 72.2 Å². The van der Waals surface area contributed by atoms with Crippen LogP contribution in [0.3, 0.4) is 0 Å². The molecule has 8 bridgehead atoms. The van der Waals surface area contributed by atoms with Gasteiger partial charge in [-0.05, 0) is 101 Å². The van der Waals surface area contributed by atoms with Crippen LogP contribution in [0, 0.1) is 0 Å². The minimum absolute atomic E-state index is 0.0255. The molecule has 4 aromatic rings. The van der Waals surface area contributed by atoms with Gasteiger partial charge in [-0.2, -0.15) is 0 Å². The Bertz CT molecular complexity index is 2060. The largest absolute Gasteiger partial charge is 0.507 e. The molecule has 16 N–H and O–H groups in total. The summed E-state index contributed by atoms with van der Waals surface area (Å²) in [6.07, 6.45) is 22.2. The molecule has 448 valence electrons. The molecule has 0 aliphatic heterocycles. The van der Waals surface area contributed by atoms with Crippen LogP contribution in [-0.2, 0) is 26.2 Å². The van der Waals surface area contributed by atoms with Gasteiger partial charge in [-0.1, -0.05) is 132 Å². The van der Waals surface area contributed by atoms with Crippen molar-refractivity contribution in [1.29, 1.82) is 0 Å². The van der Waals surface area contributed by atoms with Gasteiger partial charge in [-0.25, -0.2) is 0 Å². The fraction of sp³-hybridized carbons (Fsp3) is 0.647. The zero-order valence-electron chi connectivity index (χ0n) is 51.1. The number of aromatic hydroxyl groups is 8. The van der Waals surface area contributed by atoms with Gasteiger partial charge in [0.2, 0.25) is 0 Å². The van der Waals surface area contributed by atoms with Gasteiger partial charge < -0.3 is 62.1 Å². The van der Waals surface area contributed by atoms with E-state index in [0.717, 1.165) is 129 Å². The maximum absolute atomic E-state index is 12.9. The Balaban J connectivity index is 2.00. The van der Waals surface area contributed by atoms with E-state index < -0.39 is 23.7 Å². The standard InChI is InChI=1S/C68H108N4O8/c1-9-17-21-25-33-69-41-57-61(73)49-37-50(62(57)74)46(30-14-6)52-39-54(66(78)59(64(52)76)43-71-35-27-23-19-11-3)48(32-16-8)56-40-55(67(79)60(68(56)80)44-72-36-28-24-20-12-4)47(31-15-7)53-38-51(45(49)29-13-5)63(75)58(65(53)77)42-70-34-26-22-18-10-2/h37-40,45-48,69-80H,9-36,41-44H2,1-8H3/p+4. The average Bonchev–Trinajstić information content (AvgIpc) is 3.65. The molecule has 0 spiro atoms. The molecule has 80 heavy (non-hydrogen) atoms. The third-order valence-corrected chi connectivity index (χ3v) is 17.5. The summed E-state index contributed by atoms with van der Waals surface area (Å²) in [4.78, 5) is 0. The zero-order chi connectivity index (χ0) is 58.1. The molecule has 1 aliphatic carbocycles. The Kier molecular flexibility index (Phi) is 28.5. The lowest BCUT2D eigenvalue weighted by molar-refractivity contribution is -0.671. The van der Waals surface area contributed by atoms with Crippen LogP contribution in [0.2, 0.25) is 0 Å². The van der Waals surface area contributed by atoms with Crippen LogP contribution in [0.4, 0.5) is 0 Å². The van der Waals surface area contributed by atoms with Gasteiger partial charge in [0, 0.05) is 68.2 Å². The molecule has 0 fully saturated rings. The number of quaternary nitrogens is 4. The van der Waals surface area contributed by atoms with Crippen molar-refractivity contribution in [1.82, 2.24) is 0 Å². The van der Waals surface area contributed by atoms with E-state index in [1.165, 1.54) is 0 Å². The van der Waals surface area contributed by atoms with Gasteiger partial charge in [0.05, 0.1) is 48.4 Å². The summed E-state index contributed by atoms with van der Waals surface area (Å²) in [5, 5.41) is 112. The lowest BCUT2D eigenvalue weighted by Gasteiger charge is -2.31. The summed E-state index contributed by atoms with van der Waals surface area (Å²) >= 11 is 0. The molecule has 0 atom stereocenters. The van der Waals surface area contributed by atoms with E-state index in [1.807, 2.05) is 24.3 Å². The molecular weight excluding hydrogens is 1000 g/mol. The summed E-state index contributed by atoms with van der Waals surface area (Å²) in [6, 6.07) is 7.66. The molecule has 4 aromatic carbocycles. The van der Waals surface area contributed by atoms with Gasteiger partial charge in [0.25, 0.3) is 0 Å². The second kappa shape index (κ2) is 34.5. The van der Waals surface area contributed by atoms with Gasteiger partial charge in [-0.15, -0.1) is 0 Å². The highest BCUT2D eigenvalue weighted by atomic mass is 16.3. The van der Waals surface area contributed by atoms with Crippen molar-refractivity contribution in [3.8, 4) is 46.0 Å². The molecule has 5 rings (SSSR count). The molecule has 0 aromatic heterocycles. The van der Waals surface area contributed by atoms with E-state index >= 15 is 0 Å². The number of phenols is 8. The molecule has 0 unspecified atom stereocenters. The first kappa shape index (κ1) is 65.9. The van der Waals surface area contributed by atoms with Crippen molar-refractivity contribution < 1.29 is 62.1 Å². The molecule has 0 radical (unpaired) electrons. The fourth-order valence-electron chi connectivity index (χ4n) is 12.9. The van der Waals surface area contributed by atoms with Crippen molar-refractivity contribution in [2.75, 3.05) is 26.2 Å². The Labute approximate surface area is 482 Å². The van der Waals surface area contributed by atoms with Crippen LogP contribution in [0.5, 0.6) is 46.0 Å². The monoisotopic (exact) mass is 1110 g/mol. The van der Waals surface area contributed by atoms with Crippen LogP contribution in [0.15, 0.2) is 24.3 Å². The lowest BCUT2D eigenvalue weighted by atomic mass is 9.75. The summed E-state index contributed by atoms with van der Waals surface area (Å²) in [5.74, 6) is -2.59. The summed E-state index contributed by atoms with van der Waals surface area (Å²) in [5.41, 5.74) is 6.10. The van der Waals surface area contributed by atoms with Gasteiger partial charge in [-0.3, -0.25) is 0 Å². The second-order valence-corrected chi connectivity index (χ2v) is 23.7. The first-order chi connectivity index (χ1) is 38.8. The summed E-state index contributed by atoms with van der Waals surface area (Å²) < 4.78 is 0. The van der Waals surface area contributed by atoms with Crippen LogP contribution < -0.4 is 21.3 Å². The highest BCUT2D eigenvalue weighted by Gasteiger charge is 2.37. The third-order valence-electron chi connectivity index (χ3n) is 17.5. The van der Waals surface area contributed by atoms with E-state index in [9.17, 15) is 40.9 Å². The Morgan fingerprint density at radius 1 is 0.250 bits per heavy atom. The van der Waals surface area contributed by atoms with Crippen LogP contribution in [0.25, 0.3) is 0 Å². The van der Waals surface area contributed by atoms with Crippen molar-refractivity contribution in [2.45, 2.75) is 259 Å². The van der Waals surface area contributed by atoms with Crippen molar-refractivity contribution in [3.05, 3.63) is 91.0 Å². The highest BCUT2D eigenvalue weighted by Crippen LogP contribution is 2.55. The van der Waals surface area contributed by atoms with Crippen LogP contribution in [0.1, 0.15) is 300 Å². The van der Waals surface area contributed by atoms with E-state index in [-0.39, 0.29) is 46.0 Å². The summed E-state index contributed by atoms with van der Waals surface area (Å²) in [7, 11) is 0. The first-order valence-electron chi connectivity index (χ1n) is 32.4. The maximum atomic E-state index is 12.9. The quantitative estimate of drug-likeness (QED) is 0.0196. The van der Waals surface area contributed by atoms with Crippen molar-refractivity contribution >= 4 is 0 Å². The minimum Gasteiger partial charge on any atom is -0.507 e.